The molecule has 0 unspecified atom stereocenters. The van der Waals surface area contributed by atoms with Crippen LogP contribution in [0.25, 0.3) is 11.1 Å². The highest BCUT2D eigenvalue weighted by molar-refractivity contribution is 5.79. The second-order valence-electron chi connectivity index (χ2n) is 6.66. The van der Waals surface area contributed by atoms with Gasteiger partial charge in [0.1, 0.15) is 12.6 Å². The number of ether oxygens (including phenoxy) is 1. The van der Waals surface area contributed by atoms with Crippen LogP contribution < -0.4 is 11.5 Å². The Morgan fingerprint density at radius 2 is 1.54 bits per heavy atom. The molecule has 148 valence electrons. The van der Waals surface area contributed by atoms with Crippen molar-refractivity contribution in [1.29, 1.82) is 0 Å². The van der Waals surface area contributed by atoms with Gasteiger partial charge < -0.3 is 16.2 Å². The first-order chi connectivity index (χ1) is 13.6. The van der Waals surface area contributed by atoms with Crippen molar-refractivity contribution >= 4 is 12.1 Å². The Morgan fingerprint density at radius 1 is 0.929 bits per heavy atom. The van der Waals surface area contributed by atoms with Gasteiger partial charge >= 0.3 is 12.1 Å². The van der Waals surface area contributed by atoms with Crippen molar-refractivity contribution < 1.29 is 24.1 Å². The topological polar surface area (TPSA) is 114 Å². The SMILES string of the molecule is NCCCC[C@H](N)C(=O)OOC(=O)OCC1c2ccccc2-c2ccccc21. The number of benzene rings is 2. The fourth-order valence-electron chi connectivity index (χ4n) is 3.38. The van der Waals surface area contributed by atoms with E-state index in [2.05, 4.69) is 9.78 Å². The van der Waals surface area contributed by atoms with E-state index < -0.39 is 18.2 Å². The number of rotatable bonds is 7. The van der Waals surface area contributed by atoms with E-state index in [1.54, 1.807) is 0 Å². The van der Waals surface area contributed by atoms with Gasteiger partial charge in [0, 0.05) is 5.92 Å². The van der Waals surface area contributed by atoms with Crippen LogP contribution in [0.3, 0.4) is 0 Å². The Balaban J connectivity index is 1.52. The van der Waals surface area contributed by atoms with Crippen LogP contribution in [-0.2, 0) is 19.3 Å². The fourth-order valence-corrected chi connectivity index (χ4v) is 3.38. The molecule has 0 heterocycles. The second kappa shape index (κ2) is 9.34. The molecule has 0 radical (unpaired) electrons. The number of unbranched alkanes of at least 4 members (excludes halogenated alkanes) is 1. The molecule has 0 spiro atoms. The van der Waals surface area contributed by atoms with Crippen LogP contribution in [0, 0.1) is 0 Å². The highest BCUT2D eigenvalue weighted by Crippen LogP contribution is 2.44. The van der Waals surface area contributed by atoms with Crippen LogP contribution in [0.4, 0.5) is 4.79 Å². The predicted octanol–water partition coefficient (Wildman–Crippen LogP) is 2.87. The maximum Gasteiger partial charge on any atom is 0.549 e. The molecule has 2 aromatic carbocycles. The van der Waals surface area contributed by atoms with Gasteiger partial charge in [-0.1, -0.05) is 55.0 Å². The average Bonchev–Trinajstić information content (AvgIpc) is 3.04. The van der Waals surface area contributed by atoms with E-state index in [9.17, 15) is 9.59 Å². The Kier molecular flexibility index (Phi) is 6.62. The smallest absolute Gasteiger partial charge is 0.431 e. The van der Waals surface area contributed by atoms with Crippen LogP contribution in [-0.4, -0.2) is 31.3 Å². The van der Waals surface area contributed by atoms with Gasteiger partial charge in [0.15, 0.2) is 0 Å². The Bertz CT molecular complexity index is 794. The standard InChI is InChI=1S/C21H24N2O5/c22-12-6-5-11-19(23)20(24)27-28-21(25)26-13-18-16-9-3-1-7-14(16)15-8-2-4-10-17(15)18/h1-4,7-10,18-19H,5-6,11-13,22-23H2/t19-/m0/s1. The van der Waals surface area contributed by atoms with Gasteiger partial charge in [-0.3, -0.25) is 0 Å². The van der Waals surface area contributed by atoms with Crippen LogP contribution in [0.2, 0.25) is 0 Å². The molecule has 1 atom stereocenters. The number of hydrogen-bond acceptors (Lipinski definition) is 7. The molecule has 0 bridgehead atoms. The summed E-state index contributed by atoms with van der Waals surface area (Å²) in [5.74, 6) is -0.917. The summed E-state index contributed by atoms with van der Waals surface area (Å²) in [5, 5.41) is 0. The van der Waals surface area contributed by atoms with Gasteiger partial charge in [-0.15, -0.1) is 0 Å². The van der Waals surface area contributed by atoms with Crippen molar-refractivity contribution in [3.63, 3.8) is 0 Å². The number of fused-ring (bicyclic) bond motifs is 3. The largest absolute Gasteiger partial charge is 0.549 e. The molecule has 1 aliphatic rings. The average molecular weight is 384 g/mol. The zero-order valence-electron chi connectivity index (χ0n) is 15.5. The lowest BCUT2D eigenvalue weighted by atomic mass is 9.98. The molecule has 0 saturated carbocycles. The number of carbonyl (C=O) groups excluding carboxylic acids is 2. The van der Waals surface area contributed by atoms with E-state index in [-0.39, 0.29) is 12.5 Å². The summed E-state index contributed by atoms with van der Waals surface area (Å²) >= 11 is 0. The monoisotopic (exact) mass is 384 g/mol. The summed E-state index contributed by atoms with van der Waals surface area (Å²) in [4.78, 5) is 32.5. The third-order valence-electron chi connectivity index (χ3n) is 4.79. The van der Waals surface area contributed by atoms with Crippen molar-refractivity contribution in [2.75, 3.05) is 13.2 Å². The molecule has 0 aromatic heterocycles. The Labute approximate surface area is 163 Å². The lowest BCUT2D eigenvalue weighted by Gasteiger charge is -2.14. The molecule has 4 N–H and O–H groups in total. The molecule has 7 heteroatoms. The van der Waals surface area contributed by atoms with Crippen molar-refractivity contribution in [3.8, 4) is 11.1 Å². The zero-order chi connectivity index (χ0) is 19.9. The lowest BCUT2D eigenvalue weighted by molar-refractivity contribution is -0.245. The molecular weight excluding hydrogens is 360 g/mol. The molecule has 2 aromatic rings. The van der Waals surface area contributed by atoms with E-state index in [0.717, 1.165) is 28.7 Å². The lowest BCUT2D eigenvalue weighted by Crippen LogP contribution is -2.33. The van der Waals surface area contributed by atoms with E-state index in [1.807, 2.05) is 48.5 Å². The molecule has 0 aliphatic heterocycles. The van der Waals surface area contributed by atoms with E-state index in [4.69, 9.17) is 16.2 Å². The first-order valence-corrected chi connectivity index (χ1v) is 9.30. The summed E-state index contributed by atoms with van der Waals surface area (Å²) in [7, 11) is 0. The minimum absolute atomic E-state index is 0.0764. The molecule has 0 fully saturated rings. The van der Waals surface area contributed by atoms with Crippen LogP contribution >= 0.6 is 0 Å². The van der Waals surface area contributed by atoms with E-state index >= 15 is 0 Å². The van der Waals surface area contributed by atoms with Crippen LogP contribution in [0.15, 0.2) is 48.5 Å². The van der Waals surface area contributed by atoms with E-state index in [0.29, 0.717) is 19.4 Å². The second-order valence-corrected chi connectivity index (χ2v) is 6.66. The van der Waals surface area contributed by atoms with Gasteiger partial charge in [0.05, 0.1) is 0 Å². The normalized spacial score (nSPS) is 13.4. The molecule has 3 rings (SSSR count). The van der Waals surface area contributed by atoms with Crippen molar-refractivity contribution in [1.82, 2.24) is 0 Å². The third kappa shape index (κ3) is 4.49. The van der Waals surface area contributed by atoms with Gasteiger partial charge in [-0.05, 0) is 41.6 Å². The summed E-state index contributed by atoms with van der Waals surface area (Å²) in [6, 6.07) is 15.1. The van der Waals surface area contributed by atoms with E-state index in [1.165, 1.54) is 0 Å². The van der Waals surface area contributed by atoms with Crippen molar-refractivity contribution in [3.05, 3.63) is 59.7 Å². The first kappa shape index (κ1) is 19.9. The van der Waals surface area contributed by atoms with Gasteiger partial charge in [0.2, 0.25) is 0 Å². The molecule has 0 saturated heterocycles. The fraction of sp³-hybridized carbons (Fsp3) is 0.333. The zero-order valence-corrected chi connectivity index (χ0v) is 15.5. The number of carbonyl (C=O) groups is 2. The summed E-state index contributed by atoms with van der Waals surface area (Å²) in [6.07, 6.45) is 0.778. The minimum atomic E-state index is -1.08. The third-order valence-corrected chi connectivity index (χ3v) is 4.79. The number of nitrogens with two attached hydrogens (primary N) is 2. The van der Waals surface area contributed by atoms with Gasteiger partial charge in [0.25, 0.3) is 0 Å². The van der Waals surface area contributed by atoms with Crippen molar-refractivity contribution in [2.24, 2.45) is 11.5 Å². The molecule has 1 aliphatic carbocycles. The molecule has 28 heavy (non-hydrogen) atoms. The quantitative estimate of drug-likeness (QED) is 0.326. The van der Waals surface area contributed by atoms with Crippen LogP contribution in [0.1, 0.15) is 36.3 Å². The maximum absolute atomic E-state index is 11.8. The summed E-state index contributed by atoms with van der Waals surface area (Å²) in [5.41, 5.74) is 15.5. The molecular formula is C21H24N2O5. The minimum Gasteiger partial charge on any atom is -0.431 e. The highest BCUT2D eigenvalue weighted by atomic mass is 17.2. The Hall–Kier alpha value is -2.90. The molecule has 0 amide bonds. The Morgan fingerprint density at radius 3 is 2.14 bits per heavy atom. The first-order valence-electron chi connectivity index (χ1n) is 9.30. The predicted molar refractivity (Wildman–Crippen MR) is 103 cm³/mol. The van der Waals surface area contributed by atoms with Gasteiger partial charge in [-0.2, -0.15) is 4.79 Å². The van der Waals surface area contributed by atoms with Crippen LogP contribution in [0.5, 0.6) is 0 Å². The molecule has 7 nitrogen and oxygen atoms in total. The van der Waals surface area contributed by atoms with Crippen molar-refractivity contribution in [2.45, 2.75) is 31.2 Å². The maximum atomic E-state index is 11.8. The summed E-state index contributed by atoms with van der Waals surface area (Å²) in [6.45, 7) is 0.602. The number of hydrogen-bond donors (Lipinski definition) is 2. The van der Waals surface area contributed by atoms with Gasteiger partial charge in [-0.25, -0.2) is 14.6 Å². The summed E-state index contributed by atoms with van der Waals surface area (Å²) < 4.78 is 5.17. The highest BCUT2D eigenvalue weighted by Gasteiger charge is 2.29.